The van der Waals surface area contributed by atoms with Crippen molar-refractivity contribution in [2.24, 2.45) is 0 Å². The van der Waals surface area contributed by atoms with E-state index < -0.39 is 6.10 Å². The molecule has 0 aromatic carbocycles. The monoisotopic (exact) mass is 1030 g/mol. The van der Waals surface area contributed by atoms with E-state index >= 15 is 0 Å². The summed E-state index contributed by atoms with van der Waals surface area (Å²) < 4.78 is 16.9. The number of esters is 3. The normalized spacial score (nSPS) is 12.0. The molecule has 0 rings (SSSR count). The first-order chi connectivity index (χ1) is 36.0. The van der Waals surface area contributed by atoms with Crippen LogP contribution in [-0.2, 0) is 28.6 Å². The van der Waals surface area contributed by atoms with Gasteiger partial charge in [-0.25, -0.2) is 0 Å². The lowest BCUT2D eigenvalue weighted by molar-refractivity contribution is -0.167. The van der Waals surface area contributed by atoms with Crippen molar-refractivity contribution < 1.29 is 28.6 Å². The summed E-state index contributed by atoms with van der Waals surface area (Å²) in [5, 5.41) is 0. The van der Waals surface area contributed by atoms with Crippen LogP contribution < -0.4 is 0 Å². The Morgan fingerprint density at radius 3 is 0.699 bits per heavy atom. The first-order valence-corrected chi connectivity index (χ1v) is 33.2. The molecule has 0 saturated heterocycles. The average Bonchev–Trinajstić information content (AvgIpc) is 3.39. The van der Waals surface area contributed by atoms with E-state index in [0.29, 0.717) is 19.3 Å². The largest absolute Gasteiger partial charge is 0.462 e. The summed E-state index contributed by atoms with van der Waals surface area (Å²) in [7, 11) is 0. The Bertz CT molecular complexity index is 1130. The third-order valence-corrected chi connectivity index (χ3v) is 15.3. The summed E-state index contributed by atoms with van der Waals surface area (Å²) in [5.41, 5.74) is 0. The standard InChI is InChI=1S/C67H128O6/c1-4-7-10-13-16-19-22-25-27-28-29-30-31-32-33-34-35-36-37-38-39-40-43-45-48-51-54-57-60-66(69)72-63-64(62-71-65(68)59-56-53-50-47-44-41-24-21-18-15-12-9-6-3)73-67(70)61-58-55-52-49-46-42-26-23-20-17-14-11-8-5-2/h21,24,64H,4-20,22-23,25-63H2,1-3H3/b24-21-. The van der Waals surface area contributed by atoms with Gasteiger partial charge in [0.15, 0.2) is 6.10 Å². The molecular weight excluding hydrogens is 901 g/mol. The molecule has 0 aromatic rings. The molecule has 0 aliphatic carbocycles. The van der Waals surface area contributed by atoms with Gasteiger partial charge in [-0.05, 0) is 44.9 Å². The van der Waals surface area contributed by atoms with E-state index in [4.69, 9.17) is 14.2 Å². The van der Waals surface area contributed by atoms with Crippen LogP contribution in [-0.4, -0.2) is 37.2 Å². The Morgan fingerprint density at radius 1 is 0.260 bits per heavy atom. The quantitative estimate of drug-likeness (QED) is 0.0261. The molecule has 6 heteroatoms. The highest BCUT2D eigenvalue weighted by Crippen LogP contribution is 2.19. The van der Waals surface area contributed by atoms with Gasteiger partial charge in [-0.2, -0.15) is 0 Å². The minimum absolute atomic E-state index is 0.0662. The van der Waals surface area contributed by atoms with Crippen LogP contribution >= 0.6 is 0 Å². The SMILES string of the molecule is CCCCCC/C=C\CCCCCCCC(=O)OCC(COC(=O)CCCCCCCCCCCCCCCCCCCCCCCCCCCCCC)OC(=O)CCCCCCCCCCCCCCCC. The predicted molar refractivity (Wildman–Crippen MR) is 317 cm³/mol. The van der Waals surface area contributed by atoms with Crippen LogP contribution in [0.5, 0.6) is 0 Å². The number of unbranched alkanes of at least 4 members (excludes halogenated alkanes) is 49. The fourth-order valence-electron chi connectivity index (χ4n) is 10.3. The topological polar surface area (TPSA) is 78.9 Å². The number of rotatable bonds is 62. The van der Waals surface area contributed by atoms with Gasteiger partial charge in [0.2, 0.25) is 0 Å². The van der Waals surface area contributed by atoms with E-state index in [2.05, 4.69) is 32.9 Å². The summed E-state index contributed by atoms with van der Waals surface area (Å²) in [4.78, 5) is 38.2. The van der Waals surface area contributed by atoms with Crippen LogP contribution in [0.3, 0.4) is 0 Å². The van der Waals surface area contributed by atoms with Crippen LogP contribution in [0, 0.1) is 0 Å². The first kappa shape index (κ1) is 71.2. The highest BCUT2D eigenvalue weighted by Gasteiger charge is 2.19. The second kappa shape index (κ2) is 62.7. The Morgan fingerprint density at radius 2 is 0.452 bits per heavy atom. The molecular formula is C67H128O6. The summed E-state index contributed by atoms with van der Waals surface area (Å²) in [5.74, 6) is -0.846. The zero-order valence-corrected chi connectivity index (χ0v) is 49.7. The number of ether oxygens (including phenoxy) is 3. The molecule has 0 spiro atoms. The molecule has 1 unspecified atom stereocenters. The second-order valence-electron chi connectivity index (χ2n) is 22.7. The molecule has 6 nitrogen and oxygen atoms in total. The Kier molecular flexibility index (Phi) is 61.1. The molecule has 73 heavy (non-hydrogen) atoms. The Labute approximate surface area is 456 Å². The molecule has 0 N–H and O–H groups in total. The lowest BCUT2D eigenvalue weighted by atomic mass is 10.0. The molecule has 0 heterocycles. The van der Waals surface area contributed by atoms with Gasteiger partial charge in [-0.15, -0.1) is 0 Å². The average molecular weight is 1030 g/mol. The van der Waals surface area contributed by atoms with E-state index in [-0.39, 0.29) is 31.1 Å². The van der Waals surface area contributed by atoms with Gasteiger partial charge in [0, 0.05) is 19.3 Å². The van der Waals surface area contributed by atoms with Crippen molar-refractivity contribution in [1.29, 1.82) is 0 Å². The highest BCUT2D eigenvalue weighted by molar-refractivity contribution is 5.71. The van der Waals surface area contributed by atoms with E-state index in [9.17, 15) is 14.4 Å². The zero-order chi connectivity index (χ0) is 52.9. The molecule has 0 fully saturated rings. The maximum atomic E-state index is 12.9. The Balaban J connectivity index is 4.12. The van der Waals surface area contributed by atoms with Crippen molar-refractivity contribution in [1.82, 2.24) is 0 Å². The molecule has 0 aromatic heterocycles. The molecule has 0 aliphatic heterocycles. The van der Waals surface area contributed by atoms with Crippen molar-refractivity contribution in [2.75, 3.05) is 13.2 Å². The van der Waals surface area contributed by atoms with Gasteiger partial charge < -0.3 is 14.2 Å². The van der Waals surface area contributed by atoms with Gasteiger partial charge in [0.1, 0.15) is 13.2 Å². The van der Waals surface area contributed by atoms with Crippen LogP contribution in [0.4, 0.5) is 0 Å². The van der Waals surface area contributed by atoms with Crippen molar-refractivity contribution in [3.05, 3.63) is 12.2 Å². The number of hydrogen-bond acceptors (Lipinski definition) is 6. The van der Waals surface area contributed by atoms with Crippen LogP contribution in [0.1, 0.15) is 380 Å². The highest BCUT2D eigenvalue weighted by atomic mass is 16.6. The van der Waals surface area contributed by atoms with Gasteiger partial charge in [-0.1, -0.05) is 328 Å². The third-order valence-electron chi connectivity index (χ3n) is 15.3. The summed E-state index contributed by atoms with van der Waals surface area (Å²) in [6.45, 7) is 6.69. The maximum Gasteiger partial charge on any atom is 0.306 e. The van der Waals surface area contributed by atoms with Crippen LogP contribution in [0.15, 0.2) is 12.2 Å². The predicted octanol–water partition coefficient (Wildman–Crippen LogP) is 22.4. The molecule has 1 atom stereocenters. The smallest absolute Gasteiger partial charge is 0.306 e. The fraction of sp³-hybridized carbons (Fsp3) is 0.925. The minimum Gasteiger partial charge on any atom is -0.462 e. The number of carbonyl (C=O) groups is 3. The van der Waals surface area contributed by atoms with Crippen LogP contribution in [0.2, 0.25) is 0 Å². The van der Waals surface area contributed by atoms with Crippen molar-refractivity contribution >= 4 is 17.9 Å². The molecule has 0 bridgehead atoms. The number of allylic oxidation sites excluding steroid dienone is 2. The van der Waals surface area contributed by atoms with Crippen molar-refractivity contribution in [3.63, 3.8) is 0 Å². The van der Waals surface area contributed by atoms with E-state index in [1.807, 2.05) is 0 Å². The van der Waals surface area contributed by atoms with Crippen molar-refractivity contribution in [3.8, 4) is 0 Å². The lowest BCUT2D eigenvalue weighted by Crippen LogP contribution is -2.30. The van der Waals surface area contributed by atoms with Crippen molar-refractivity contribution in [2.45, 2.75) is 386 Å². The summed E-state index contributed by atoms with van der Waals surface area (Å²) >= 11 is 0. The summed E-state index contributed by atoms with van der Waals surface area (Å²) in [6.07, 6.45) is 73.8. The Hall–Kier alpha value is -1.85. The molecule has 0 amide bonds. The van der Waals surface area contributed by atoms with E-state index in [0.717, 1.165) is 64.2 Å². The molecule has 0 aliphatic rings. The molecule has 0 radical (unpaired) electrons. The second-order valence-corrected chi connectivity index (χ2v) is 22.7. The van der Waals surface area contributed by atoms with Crippen LogP contribution in [0.25, 0.3) is 0 Å². The van der Waals surface area contributed by atoms with Gasteiger partial charge in [0.25, 0.3) is 0 Å². The minimum atomic E-state index is -0.768. The van der Waals surface area contributed by atoms with E-state index in [1.165, 1.54) is 276 Å². The van der Waals surface area contributed by atoms with Gasteiger partial charge in [-0.3, -0.25) is 14.4 Å². The van der Waals surface area contributed by atoms with Gasteiger partial charge >= 0.3 is 17.9 Å². The molecule has 432 valence electrons. The molecule has 0 saturated carbocycles. The maximum absolute atomic E-state index is 12.9. The summed E-state index contributed by atoms with van der Waals surface area (Å²) in [6, 6.07) is 0. The lowest BCUT2D eigenvalue weighted by Gasteiger charge is -2.18. The number of hydrogen-bond donors (Lipinski definition) is 0. The number of carbonyl (C=O) groups excluding carboxylic acids is 3. The zero-order valence-electron chi connectivity index (χ0n) is 49.7. The third kappa shape index (κ3) is 60.9. The first-order valence-electron chi connectivity index (χ1n) is 33.2. The fourth-order valence-corrected chi connectivity index (χ4v) is 10.3. The van der Waals surface area contributed by atoms with Gasteiger partial charge in [0.05, 0.1) is 0 Å². The van der Waals surface area contributed by atoms with E-state index in [1.54, 1.807) is 0 Å².